The van der Waals surface area contributed by atoms with Gasteiger partial charge < -0.3 is 20.5 Å². The molecule has 1 rings (SSSR count). The first kappa shape index (κ1) is 10.0. The van der Waals surface area contributed by atoms with E-state index < -0.39 is 12.6 Å². The first-order chi connectivity index (χ1) is 6.68. The van der Waals surface area contributed by atoms with E-state index in [0.717, 1.165) is 5.56 Å². The molecular weight excluding hydrogens is 184 g/mol. The van der Waals surface area contributed by atoms with Gasteiger partial charge in [-0.1, -0.05) is 17.3 Å². The van der Waals surface area contributed by atoms with Gasteiger partial charge in [0.25, 0.3) is 0 Å². The van der Waals surface area contributed by atoms with Crippen LogP contribution in [0.5, 0.6) is 0 Å². The number of nitrogens with two attached hydrogens (primary N) is 1. The summed E-state index contributed by atoms with van der Waals surface area (Å²) in [5.41, 5.74) is 6.85. The Morgan fingerprint density at radius 2 is 2.43 bits per heavy atom. The zero-order valence-corrected chi connectivity index (χ0v) is 7.34. The SMILES string of the molecule is Nc1cccc(/C=N/OCC(=O)[O-])c1. The molecule has 0 saturated heterocycles. The molecule has 0 saturated carbocycles. The molecule has 0 aromatic heterocycles. The van der Waals surface area contributed by atoms with Gasteiger partial charge in [-0.3, -0.25) is 0 Å². The summed E-state index contributed by atoms with van der Waals surface area (Å²) < 4.78 is 0. The fourth-order valence-electron chi connectivity index (χ4n) is 0.827. The van der Waals surface area contributed by atoms with Gasteiger partial charge in [0.15, 0.2) is 6.61 Å². The highest BCUT2D eigenvalue weighted by Crippen LogP contribution is 2.03. The van der Waals surface area contributed by atoms with E-state index in [2.05, 4.69) is 9.99 Å². The second kappa shape index (κ2) is 4.86. The maximum Gasteiger partial charge on any atom is 0.156 e. The van der Waals surface area contributed by atoms with Crippen LogP contribution in [0.3, 0.4) is 0 Å². The first-order valence-corrected chi connectivity index (χ1v) is 3.89. The van der Waals surface area contributed by atoms with E-state index in [1.807, 2.05) is 0 Å². The minimum absolute atomic E-state index is 0.557. The topological polar surface area (TPSA) is 87.7 Å². The van der Waals surface area contributed by atoms with Crippen molar-refractivity contribution in [3.8, 4) is 0 Å². The molecule has 0 heterocycles. The molecule has 0 aliphatic rings. The van der Waals surface area contributed by atoms with Crippen molar-refractivity contribution in [2.75, 3.05) is 12.3 Å². The molecule has 2 N–H and O–H groups in total. The molecule has 0 aliphatic carbocycles. The highest BCUT2D eigenvalue weighted by atomic mass is 16.6. The normalized spacial score (nSPS) is 10.3. The van der Waals surface area contributed by atoms with Gasteiger partial charge in [0.2, 0.25) is 0 Å². The molecule has 1 aromatic carbocycles. The number of benzene rings is 1. The van der Waals surface area contributed by atoms with Crippen molar-refractivity contribution in [1.82, 2.24) is 0 Å². The summed E-state index contributed by atoms with van der Waals surface area (Å²) in [4.78, 5) is 14.3. The number of anilines is 1. The van der Waals surface area contributed by atoms with Gasteiger partial charge in [-0.2, -0.15) is 0 Å². The van der Waals surface area contributed by atoms with Crippen LogP contribution in [0.15, 0.2) is 29.4 Å². The van der Waals surface area contributed by atoms with Crippen LogP contribution in [-0.4, -0.2) is 18.8 Å². The van der Waals surface area contributed by atoms with Crippen molar-refractivity contribution < 1.29 is 14.7 Å². The summed E-state index contributed by atoms with van der Waals surface area (Å²) in [6, 6.07) is 6.95. The number of nitrogen functional groups attached to an aromatic ring is 1. The minimum atomic E-state index is -1.31. The molecule has 14 heavy (non-hydrogen) atoms. The molecule has 5 heteroatoms. The Kier molecular flexibility index (Phi) is 3.49. The Balaban J connectivity index is 2.47. The Hall–Kier alpha value is -2.04. The van der Waals surface area contributed by atoms with E-state index in [1.165, 1.54) is 6.21 Å². The molecule has 0 bridgehead atoms. The summed E-state index contributed by atoms with van der Waals surface area (Å²) in [5.74, 6) is -1.31. The third-order valence-corrected chi connectivity index (χ3v) is 1.37. The summed E-state index contributed by atoms with van der Waals surface area (Å²) >= 11 is 0. The minimum Gasteiger partial charge on any atom is -0.546 e. The monoisotopic (exact) mass is 193 g/mol. The van der Waals surface area contributed by atoms with Gasteiger partial charge in [-0.15, -0.1) is 0 Å². The number of hydrogen-bond acceptors (Lipinski definition) is 5. The van der Waals surface area contributed by atoms with Crippen molar-refractivity contribution >= 4 is 17.9 Å². The van der Waals surface area contributed by atoms with Crippen LogP contribution >= 0.6 is 0 Å². The third kappa shape index (κ3) is 3.57. The van der Waals surface area contributed by atoms with Crippen LogP contribution in [0.4, 0.5) is 5.69 Å². The predicted molar refractivity (Wildman–Crippen MR) is 49.4 cm³/mol. The average Bonchev–Trinajstić information content (AvgIpc) is 2.12. The lowest BCUT2D eigenvalue weighted by atomic mass is 10.2. The Labute approximate surface area is 80.8 Å². The molecule has 0 fully saturated rings. The summed E-state index contributed by atoms with van der Waals surface area (Å²) in [7, 11) is 0. The van der Waals surface area contributed by atoms with Crippen LogP contribution in [0, 0.1) is 0 Å². The largest absolute Gasteiger partial charge is 0.546 e. The van der Waals surface area contributed by atoms with Crippen molar-refractivity contribution in [2.24, 2.45) is 5.16 Å². The van der Waals surface area contributed by atoms with Crippen LogP contribution in [0.2, 0.25) is 0 Å². The molecule has 0 atom stereocenters. The quantitative estimate of drug-likeness (QED) is 0.391. The highest BCUT2D eigenvalue weighted by molar-refractivity contribution is 5.80. The average molecular weight is 193 g/mol. The van der Waals surface area contributed by atoms with Crippen LogP contribution in [-0.2, 0) is 9.63 Å². The van der Waals surface area contributed by atoms with E-state index in [4.69, 9.17) is 5.73 Å². The van der Waals surface area contributed by atoms with E-state index in [-0.39, 0.29) is 0 Å². The van der Waals surface area contributed by atoms with Gasteiger partial charge in [0.1, 0.15) is 0 Å². The molecule has 0 unspecified atom stereocenters. The van der Waals surface area contributed by atoms with Gasteiger partial charge in [-0.25, -0.2) is 0 Å². The molecule has 0 spiro atoms. The Morgan fingerprint density at radius 3 is 3.07 bits per heavy atom. The summed E-state index contributed by atoms with van der Waals surface area (Å²) in [6.45, 7) is -0.557. The number of carbonyl (C=O) groups is 1. The van der Waals surface area contributed by atoms with Gasteiger partial charge in [0, 0.05) is 5.69 Å². The number of hydrogen-bond donors (Lipinski definition) is 1. The number of carboxylic acids is 1. The zero-order chi connectivity index (χ0) is 10.4. The number of rotatable bonds is 4. The lowest BCUT2D eigenvalue weighted by molar-refractivity contribution is -0.309. The molecule has 74 valence electrons. The van der Waals surface area contributed by atoms with Crippen molar-refractivity contribution in [3.63, 3.8) is 0 Å². The first-order valence-electron chi connectivity index (χ1n) is 3.89. The highest BCUT2D eigenvalue weighted by Gasteiger charge is 1.88. The standard InChI is InChI=1S/C9H10N2O3/c10-8-3-1-2-7(4-8)5-11-14-6-9(12)13/h1-5H,6,10H2,(H,12,13)/p-1/b11-5+. The maximum atomic E-state index is 9.93. The van der Waals surface area contributed by atoms with Gasteiger partial charge in [-0.05, 0) is 17.7 Å². The number of carbonyl (C=O) groups excluding carboxylic acids is 1. The van der Waals surface area contributed by atoms with Gasteiger partial charge >= 0.3 is 0 Å². The molecule has 5 nitrogen and oxygen atoms in total. The molecule has 0 amide bonds. The number of carboxylic acid groups (broad SMARTS) is 1. The van der Waals surface area contributed by atoms with Crippen LogP contribution < -0.4 is 10.8 Å². The Bertz CT molecular complexity index is 350. The third-order valence-electron chi connectivity index (χ3n) is 1.37. The maximum absolute atomic E-state index is 9.93. The Morgan fingerprint density at radius 1 is 1.64 bits per heavy atom. The second-order valence-corrected chi connectivity index (χ2v) is 2.55. The van der Waals surface area contributed by atoms with Crippen LogP contribution in [0.1, 0.15) is 5.56 Å². The number of oxime groups is 1. The van der Waals surface area contributed by atoms with Crippen LogP contribution in [0.25, 0.3) is 0 Å². The van der Waals surface area contributed by atoms with E-state index in [0.29, 0.717) is 5.69 Å². The second-order valence-electron chi connectivity index (χ2n) is 2.55. The van der Waals surface area contributed by atoms with E-state index in [1.54, 1.807) is 24.3 Å². The van der Waals surface area contributed by atoms with Gasteiger partial charge in [0.05, 0.1) is 12.2 Å². The predicted octanol–water partition coefficient (Wildman–Crippen LogP) is -0.631. The summed E-state index contributed by atoms with van der Waals surface area (Å²) in [6.07, 6.45) is 1.37. The molecule has 0 aliphatic heterocycles. The molecule has 0 radical (unpaired) electrons. The van der Waals surface area contributed by atoms with Crippen molar-refractivity contribution in [3.05, 3.63) is 29.8 Å². The lowest BCUT2D eigenvalue weighted by Gasteiger charge is -1.98. The smallest absolute Gasteiger partial charge is 0.156 e. The molecule has 1 aromatic rings. The lowest BCUT2D eigenvalue weighted by Crippen LogP contribution is -2.26. The van der Waals surface area contributed by atoms with E-state index >= 15 is 0 Å². The fourth-order valence-corrected chi connectivity index (χ4v) is 0.827. The number of nitrogens with zero attached hydrogens (tertiary/aromatic N) is 1. The zero-order valence-electron chi connectivity index (χ0n) is 7.34. The summed E-state index contributed by atoms with van der Waals surface area (Å²) in [5, 5.41) is 13.4. The van der Waals surface area contributed by atoms with Crippen molar-refractivity contribution in [2.45, 2.75) is 0 Å². The van der Waals surface area contributed by atoms with E-state index in [9.17, 15) is 9.90 Å². The van der Waals surface area contributed by atoms with Crippen molar-refractivity contribution in [1.29, 1.82) is 0 Å². The fraction of sp³-hybridized carbons (Fsp3) is 0.111. The molecular formula is C9H9N2O3-. The number of aliphatic carboxylic acids is 1.